The molecule has 1 aliphatic heterocycles. The summed E-state index contributed by atoms with van der Waals surface area (Å²) < 4.78 is 13.8. The lowest BCUT2D eigenvalue weighted by molar-refractivity contribution is -0.00958. The van der Waals surface area contributed by atoms with E-state index in [9.17, 15) is 4.79 Å². The van der Waals surface area contributed by atoms with Crippen LogP contribution in [0.5, 0.6) is 0 Å². The fourth-order valence-electron chi connectivity index (χ4n) is 6.70. The average Bonchev–Trinajstić information content (AvgIpc) is 3.57. The van der Waals surface area contributed by atoms with Crippen molar-refractivity contribution in [2.24, 2.45) is 11.8 Å². The third-order valence-electron chi connectivity index (χ3n) is 8.76. The largest absolute Gasteiger partial charge is 0.434 e. The van der Waals surface area contributed by atoms with Gasteiger partial charge in [0, 0.05) is 31.0 Å². The minimum Gasteiger partial charge on any atom is -0.384 e. The summed E-state index contributed by atoms with van der Waals surface area (Å²) in [6.45, 7) is 4.62. The van der Waals surface area contributed by atoms with Crippen molar-refractivity contribution in [3.05, 3.63) is 34.0 Å². The molecule has 4 aromatic rings. The Morgan fingerprint density at radius 2 is 1.93 bits per heavy atom. The van der Waals surface area contributed by atoms with E-state index in [-0.39, 0.29) is 23.9 Å². The summed E-state index contributed by atoms with van der Waals surface area (Å²) >= 11 is 6.39. The number of pyridine rings is 1. The number of hydrogen-bond donors (Lipinski definition) is 1. The van der Waals surface area contributed by atoms with Gasteiger partial charge in [0.15, 0.2) is 5.65 Å². The molecule has 3 fully saturated rings. The summed E-state index contributed by atoms with van der Waals surface area (Å²) in [5, 5.41) is 6.80. The van der Waals surface area contributed by atoms with Gasteiger partial charge in [-0.2, -0.15) is 4.98 Å². The topological polar surface area (TPSA) is 128 Å². The number of fused-ring (bicyclic) bond motifs is 2. The Hall–Kier alpha value is -3.31. The number of nitrogens with one attached hydrogen (secondary N) is 1. The van der Waals surface area contributed by atoms with Crippen molar-refractivity contribution in [3.63, 3.8) is 0 Å². The lowest BCUT2D eigenvalue weighted by Crippen LogP contribution is -2.53. The molecule has 12 heteroatoms. The Morgan fingerprint density at radius 3 is 2.73 bits per heavy atom. The summed E-state index contributed by atoms with van der Waals surface area (Å²) in [5.74, 6) is 1.73. The van der Waals surface area contributed by atoms with Crippen LogP contribution in [0.1, 0.15) is 58.3 Å². The molecular formula is C28H33ClN8O3. The van der Waals surface area contributed by atoms with Gasteiger partial charge in [0.05, 0.1) is 23.8 Å². The molecule has 2 saturated carbocycles. The first kappa shape index (κ1) is 25.6. The fraction of sp³-hybridized carbons (Fsp3) is 0.571. The number of aromatic amines is 1. The van der Waals surface area contributed by atoms with Gasteiger partial charge < -0.3 is 18.6 Å². The van der Waals surface area contributed by atoms with Crippen molar-refractivity contribution in [2.75, 3.05) is 18.1 Å². The SMILES string of the molecule is CC1CCC(Cn2c(N3CCOC4CCCCC43)nc3nc(-c4n[nH]c(=O)o4)nc(-c4cncc(Cl)c4)c32)CC1. The second-order valence-electron chi connectivity index (χ2n) is 11.5. The number of morpholine rings is 1. The molecular weight excluding hydrogens is 532 g/mol. The number of hydrogen-bond acceptors (Lipinski definition) is 9. The van der Waals surface area contributed by atoms with Gasteiger partial charge in [0.1, 0.15) is 11.2 Å². The van der Waals surface area contributed by atoms with E-state index in [1.54, 1.807) is 12.4 Å². The fourth-order valence-corrected chi connectivity index (χ4v) is 6.87. The Bertz CT molecular complexity index is 1570. The van der Waals surface area contributed by atoms with E-state index in [2.05, 4.69) is 31.6 Å². The van der Waals surface area contributed by atoms with Gasteiger partial charge in [0.25, 0.3) is 5.89 Å². The molecule has 1 saturated heterocycles. The maximum absolute atomic E-state index is 11.8. The van der Waals surface area contributed by atoms with Crippen molar-refractivity contribution in [1.82, 2.24) is 34.7 Å². The van der Waals surface area contributed by atoms with E-state index in [0.717, 1.165) is 48.9 Å². The summed E-state index contributed by atoms with van der Waals surface area (Å²) in [6, 6.07) is 2.11. The third-order valence-corrected chi connectivity index (χ3v) is 8.96. The van der Waals surface area contributed by atoms with Crippen LogP contribution < -0.4 is 10.7 Å². The number of H-pyrrole nitrogens is 1. The van der Waals surface area contributed by atoms with Gasteiger partial charge in [-0.25, -0.2) is 19.9 Å². The highest BCUT2D eigenvalue weighted by molar-refractivity contribution is 6.30. The second-order valence-corrected chi connectivity index (χ2v) is 11.9. The number of halogens is 1. The van der Waals surface area contributed by atoms with Gasteiger partial charge in [0.2, 0.25) is 11.8 Å². The van der Waals surface area contributed by atoms with Crippen LogP contribution in [0, 0.1) is 11.8 Å². The van der Waals surface area contributed by atoms with Gasteiger partial charge >= 0.3 is 5.76 Å². The monoisotopic (exact) mass is 564 g/mol. The number of anilines is 1. The average molecular weight is 565 g/mol. The van der Waals surface area contributed by atoms with E-state index in [0.29, 0.717) is 28.9 Å². The molecule has 2 atom stereocenters. The highest BCUT2D eigenvalue weighted by Gasteiger charge is 2.37. The van der Waals surface area contributed by atoms with E-state index in [4.69, 9.17) is 35.7 Å². The van der Waals surface area contributed by atoms with E-state index < -0.39 is 5.76 Å². The third kappa shape index (κ3) is 4.79. The Morgan fingerprint density at radius 1 is 1.07 bits per heavy atom. The summed E-state index contributed by atoms with van der Waals surface area (Å²) in [7, 11) is 0. The molecule has 0 spiro atoms. The first-order valence-electron chi connectivity index (χ1n) is 14.4. The zero-order chi connectivity index (χ0) is 27.2. The Labute approximate surface area is 236 Å². The van der Waals surface area contributed by atoms with Crippen molar-refractivity contribution in [2.45, 2.75) is 77.0 Å². The van der Waals surface area contributed by atoms with Crippen molar-refractivity contribution in [1.29, 1.82) is 0 Å². The molecule has 2 unspecified atom stereocenters. The number of imidazole rings is 1. The van der Waals surface area contributed by atoms with Crippen LogP contribution >= 0.6 is 11.6 Å². The molecule has 0 radical (unpaired) electrons. The van der Waals surface area contributed by atoms with Crippen molar-refractivity contribution >= 4 is 28.7 Å². The van der Waals surface area contributed by atoms with E-state index in [1.165, 1.54) is 38.5 Å². The maximum atomic E-state index is 11.8. The molecule has 2 aliphatic carbocycles. The molecule has 40 heavy (non-hydrogen) atoms. The molecule has 11 nitrogen and oxygen atoms in total. The standard InChI is InChI=1S/C28H33ClN8O3/c1-16-6-8-17(9-7-16)15-37-23-22(18-12-19(29)14-30-13-18)31-25(26-34-35-28(38)40-26)32-24(23)33-27(37)36-10-11-39-21-5-3-2-4-20(21)36/h12-14,16-17,20-21H,2-11,15H2,1H3,(H,35,38). The van der Waals surface area contributed by atoms with E-state index >= 15 is 0 Å². The molecule has 1 N–H and O–H groups in total. The quantitative estimate of drug-likeness (QED) is 0.361. The number of ether oxygens (including phenoxy) is 1. The van der Waals surface area contributed by atoms with Crippen LogP contribution in [0.2, 0.25) is 5.02 Å². The Kier molecular flexibility index (Phi) is 6.79. The van der Waals surface area contributed by atoms with Crippen LogP contribution in [-0.4, -0.2) is 60.0 Å². The van der Waals surface area contributed by atoms with Crippen LogP contribution in [0.15, 0.2) is 27.7 Å². The van der Waals surface area contributed by atoms with Gasteiger partial charge in [-0.05, 0) is 43.6 Å². The second kappa shape index (κ2) is 10.6. The predicted octanol–water partition coefficient (Wildman–Crippen LogP) is 4.86. The van der Waals surface area contributed by atoms with Crippen LogP contribution in [-0.2, 0) is 11.3 Å². The molecule has 5 heterocycles. The van der Waals surface area contributed by atoms with Gasteiger partial charge in [-0.3, -0.25) is 4.98 Å². The molecule has 4 aromatic heterocycles. The summed E-state index contributed by atoms with van der Waals surface area (Å²) in [5.41, 5.74) is 2.74. The number of nitrogens with zero attached hydrogens (tertiary/aromatic N) is 7. The zero-order valence-corrected chi connectivity index (χ0v) is 23.3. The summed E-state index contributed by atoms with van der Waals surface area (Å²) in [6.07, 6.45) is 12.9. The molecule has 3 aliphatic rings. The number of aromatic nitrogens is 7. The first-order chi connectivity index (χ1) is 19.5. The summed E-state index contributed by atoms with van der Waals surface area (Å²) in [4.78, 5) is 33.4. The van der Waals surface area contributed by atoms with E-state index in [1.807, 2.05) is 6.07 Å². The highest BCUT2D eigenvalue weighted by atomic mass is 35.5. The highest BCUT2D eigenvalue weighted by Crippen LogP contribution is 2.38. The molecule has 0 bridgehead atoms. The van der Waals surface area contributed by atoms with Crippen molar-refractivity contribution < 1.29 is 9.15 Å². The minimum absolute atomic E-state index is 0.0132. The van der Waals surface area contributed by atoms with Gasteiger partial charge in [-0.1, -0.05) is 44.2 Å². The Balaban J connectivity index is 1.44. The first-order valence-corrected chi connectivity index (χ1v) is 14.7. The van der Waals surface area contributed by atoms with Crippen LogP contribution in [0.3, 0.4) is 0 Å². The van der Waals surface area contributed by atoms with Crippen LogP contribution in [0.4, 0.5) is 5.95 Å². The number of rotatable bonds is 5. The maximum Gasteiger partial charge on any atom is 0.434 e. The lowest BCUT2D eigenvalue weighted by Gasteiger charge is -2.44. The molecule has 0 amide bonds. The van der Waals surface area contributed by atoms with Crippen molar-refractivity contribution in [3.8, 4) is 23.0 Å². The predicted molar refractivity (Wildman–Crippen MR) is 150 cm³/mol. The normalized spacial score (nSPS) is 25.3. The molecule has 7 rings (SSSR count). The lowest BCUT2D eigenvalue weighted by atomic mass is 9.83. The van der Waals surface area contributed by atoms with Crippen LogP contribution in [0.25, 0.3) is 34.1 Å². The minimum atomic E-state index is -0.668. The molecule has 0 aromatic carbocycles. The molecule has 210 valence electrons. The zero-order valence-electron chi connectivity index (χ0n) is 22.6. The van der Waals surface area contributed by atoms with Gasteiger partial charge in [-0.15, -0.1) is 5.10 Å². The smallest absolute Gasteiger partial charge is 0.384 e.